The Morgan fingerprint density at radius 3 is 2.75 bits per heavy atom. The Balaban J connectivity index is 2.28. The lowest BCUT2D eigenvalue weighted by atomic mass is 10.0. The maximum atomic E-state index is 11.1. The van der Waals surface area contributed by atoms with Gasteiger partial charge in [0.1, 0.15) is 0 Å². The molecule has 1 unspecified atom stereocenters. The quantitative estimate of drug-likeness (QED) is 0.672. The maximum Gasteiger partial charge on any atom is 0.221 e. The number of hydrogen-bond donors (Lipinski definition) is 2. The summed E-state index contributed by atoms with van der Waals surface area (Å²) in [6, 6.07) is 0.335. The van der Waals surface area contributed by atoms with Gasteiger partial charge in [-0.3, -0.25) is 4.79 Å². The molecule has 0 bridgehead atoms. The van der Waals surface area contributed by atoms with Gasteiger partial charge in [0.25, 0.3) is 0 Å². The average molecular weight is 188 g/mol. The number of nitrogens with two attached hydrogens (primary N) is 1. The zero-order chi connectivity index (χ0) is 9.19. The zero-order valence-corrected chi connectivity index (χ0v) is 8.41. The SMILES string of the molecule is CC1(C)SCC1NC(=O)CCN. The fraction of sp³-hybridized carbons (Fsp3) is 0.875. The molecule has 1 aliphatic heterocycles. The molecule has 0 saturated carbocycles. The molecule has 1 heterocycles. The lowest BCUT2D eigenvalue weighted by molar-refractivity contribution is -0.121. The summed E-state index contributed by atoms with van der Waals surface area (Å²) in [5.74, 6) is 1.11. The van der Waals surface area contributed by atoms with Crippen molar-refractivity contribution in [2.24, 2.45) is 5.73 Å². The molecule has 0 aromatic carbocycles. The van der Waals surface area contributed by atoms with Crippen molar-refractivity contribution in [1.82, 2.24) is 5.32 Å². The van der Waals surface area contributed by atoms with Crippen molar-refractivity contribution < 1.29 is 4.79 Å². The van der Waals surface area contributed by atoms with Crippen LogP contribution in [0.25, 0.3) is 0 Å². The molecular formula is C8H16N2OS. The first-order valence-electron chi connectivity index (χ1n) is 4.19. The molecule has 3 N–H and O–H groups in total. The Labute approximate surface area is 77.5 Å². The largest absolute Gasteiger partial charge is 0.351 e. The van der Waals surface area contributed by atoms with E-state index in [1.807, 2.05) is 11.8 Å². The van der Waals surface area contributed by atoms with Gasteiger partial charge in [0.15, 0.2) is 0 Å². The van der Waals surface area contributed by atoms with Crippen LogP contribution < -0.4 is 11.1 Å². The highest BCUT2D eigenvalue weighted by Gasteiger charge is 2.39. The third kappa shape index (κ3) is 2.14. The fourth-order valence-corrected chi connectivity index (χ4v) is 2.26. The third-order valence-electron chi connectivity index (χ3n) is 2.17. The van der Waals surface area contributed by atoms with Crippen molar-refractivity contribution in [2.75, 3.05) is 12.3 Å². The number of carbonyl (C=O) groups excluding carboxylic acids is 1. The molecule has 3 nitrogen and oxygen atoms in total. The Morgan fingerprint density at radius 2 is 2.42 bits per heavy atom. The average Bonchev–Trinajstić information content (AvgIpc) is 1.99. The van der Waals surface area contributed by atoms with Crippen LogP contribution in [0.5, 0.6) is 0 Å². The molecule has 0 spiro atoms. The van der Waals surface area contributed by atoms with E-state index in [1.54, 1.807) is 0 Å². The van der Waals surface area contributed by atoms with E-state index in [1.165, 1.54) is 0 Å². The second-order valence-corrected chi connectivity index (χ2v) is 5.25. The molecule has 1 atom stereocenters. The summed E-state index contributed by atoms with van der Waals surface area (Å²) in [4.78, 5) is 11.1. The second-order valence-electron chi connectivity index (χ2n) is 3.57. The third-order valence-corrected chi connectivity index (χ3v) is 3.70. The van der Waals surface area contributed by atoms with Crippen molar-refractivity contribution in [2.45, 2.75) is 31.1 Å². The van der Waals surface area contributed by atoms with Crippen LogP contribution in [0.2, 0.25) is 0 Å². The molecule has 1 saturated heterocycles. The smallest absolute Gasteiger partial charge is 0.221 e. The minimum Gasteiger partial charge on any atom is -0.351 e. The summed E-state index contributed by atoms with van der Waals surface area (Å²) in [5.41, 5.74) is 5.27. The Morgan fingerprint density at radius 1 is 1.75 bits per heavy atom. The van der Waals surface area contributed by atoms with Gasteiger partial charge in [-0.2, -0.15) is 11.8 Å². The number of carbonyl (C=O) groups is 1. The van der Waals surface area contributed by atoms with Crippen molar-refractivity contribution in [3.63, 3.8) is 0 Å². The normalized spacial score (nSPS) is 26.1. The topological polar surface area (TPSA) is 55.1 Å². The lowest BCUT2D eigenvalue weighted by Gasteiger charge is -2.43. The van der Waals surface area contributed by atoms with Crippen LogP contribution in [0, 0.1) is 0 Å². The van der Waals surface area contributed by atoms with E-state index in [4.69, 9.17) is 5.73 Å². The number of hydrogen-bond acceptors (Lipinski definition) is 3. The van der Waals surface area contributed by atoms with E-state index in [0.717, 1.165) is 5.75 Å². The minimum atomic E-state index is 0.0795. The van der Waals surface area contributed by atoms with Crippen LogP contribution in [-0.2, 0) is 4.79 Å². The van der Waals surface area contributed by atoms with E-state index < -0.39 is 0 Å². The first-order chi connectivity index (χ1) is 5.56. The first kappa shape index (κ1) is 9.86. The molecule has 0 aromatic heterocycles. The van der Waals surface area contributed by atoms with Gasteiger partial charge in [0.05, 0.1) is 6.04 Å². The van der Waals surface area contributed by atoms with E-state index in [0.29, 0.717) is 19.0 Å². The fourth-order valence-electron chi connectivity index (χ4n) is 1.11. The van der Waals surface area contributed by atoms with Gasteiger partial charge in [0, 0.05) is 23.5 Å². The minimum absolute atomic E-state index is 0.0795. The van der Waals surface area contributed by atoms with Gasteiger partial charge in [-0.1, -0.05) is 0 Å². The van der Waals surface area contributed by atoms with Crippen LogP contribution in [0.3, 0.4) is 0 Å². The Hall–Kier alpha value is -0.220. The summed E-state index contributed by atoms with van der Waals surface area (Å²) in [6.45, 7) is 4.73. The highest BCUT2D eigenvalue weighted by atomic mass is 32.2. The zero-order valence-electron chi connectivity index (χ0n) is 7.59. The van der Waals surface area contributed by atoms with Crippen LogP contribution in [0.1, 0.15) is 20.3 Å². The van der Waals surface area contributed by atoms with E-state index in [-0.39, 0.29) is 10.7 Å². The van der Waals surface area contributed by atoms with E-state index in [2.05, 4.69) is 19.2 Å². The molecule has 70 valence electrons. The van der Waals surface area contributed by atoms with Crippen LogP contribution >= 0.6 is 11.8 Å². The number of amides is 1. The van der Waals surface area contributed by atoms with E-state index >= 15 is 0 Å². The van der Waals surface area contributed by atoms with Crippen LogP contribution in [0.4, 0.5) is 0 Å². The van der Waals surface area contributed by atoms with Crippen molar-refractivity contribution in [1.29, 1.82) is 0 Å². The van der Waals surface area contributed by atoms with Gasteiger partial charge < -0.3 is 11.1 Å². The van der Waals surface area contributed by atoms with Gasteiger partial charge >= 0.3 is 0 Å². The van der Waals surface area contributed by atoms with Gasteiger partial charge in [-0.15, -0.1) is 0 Å². The van der Waals surface area contributed by atoms with Gasteiger partial charge in [-0.25, -0.2) is 0 Å². The molecule has 0 aromatic rings. The second kappa shape index (κ2) is 3.66. The highest BCUT2D eigenvalue weighted by molar-refractivity contribution is 8.02. The summed E-state index contributed by atoms with van der Waals surface area (Å²) in [7, 11) is 0. The lowest BCUT2D eigenvalue weighted by Crippen LogP contribution is -2.56. The van der Waals surface area contributed by atoms with Crippen molar-refractivity contribution in [3.05, 3.63) is 0 Å². The molecule has 12 heavy (non-hydrogen) atoms. The Kier molecular flexibility index (Phi) is 3.01. The predicted octanol–water partition coefficient (Wildman–Crippen LogP) is 0.345. The van der Waals surface area contributed by atoms with Crippen molar-refractivity contribution in [3.8, 4) is 0 Å². The predicted molar refractivity (Wildman–Crippen MR) is 52.1 cm³/mol. The molecule has 1 rings (SSSR count). The number of thioether (sulfide) groups is 1. The maximum absolute atomic E-state index is 11.1. The molecule has 0 radical (unpaired) electrons. The standard InChI is InChI=1S/C8H16N2OS/c1-8(2)6(5-12-8)10-7(11)3-4-9/h6H,3-5,9H2,1-2H3,(H,10,11). The molecule has 1 aliphatic rings. The number of rotatable bonds is 3. The molecule has 1 amide bonds. The van der Waals surface area contributed by atoms with Gasteiger partial charge in [0.2, 0.25) is 5.91 Å². The summed E-state index contributed by atoms with van der Waals surface area (Å²) in [5, 5.41) is 2.97. The van der Waals surface area contributed by atoms with E-state index in [9.17, 15) is 4.79 Å². The summed E-state index contributed by atoms with van der Waals surface area (Å²) < 4.78 is 0.213. The van der Waals surface area contributed by atoms with Crippen LogP contribution in [-0.4, -0.2) is 29.0 Å². The van der Waals surface area contributed by atoms with Gasteiger partial charge in [-0.05, 0) is 13.8 Å². The number of nitrogens with one attached hydrogen (secondary N) is 1. The molecular weight excluding hydrogens is 172 g/mol. The van der Waals surface area contributed by atoms with Crippen molar-refractivity contribution >= 4 is 17.7 Å². The molecule has 1 fully saturated rings. The first-order valence-corrected chi connectivity index (χ1v) is 5.18. The molecule has 0 aliphatic carbocycles. The highest BCUT2D eigenvalue weighted by Crippen LogP contribution is 2.39. The molecule has 4 heteroatoms. The van der Waals surface area contributed by atoms with Crippen LogP contribution in [0.15, 0.2) is 0 Å². The summed E-state index contributed by atoms with van der Waals surface area (Å²) >= 11 is 1.88. The Bertz CT molecular complexity index is 182. The monoisotopic (exact) mass is 188 g/mol. The summed E-state index contributed by atoms with van der Waals surface area (Å²) in [6.07, 6.45) is 0.442.